The normalized spacial score (nSPS) is 14.5. The van der Waals surface area contributed by atoms with E-state index >= 15 is 0 Å². The van der Waals surface area contributed by atoms with Gasteiger partial charge in [-0.15, -0.1) is 4.72 Å². The molecule has 0 amide bonds. The molecule has 1 N–H and O–H groups in total. The molecule has 0 saturated heterocycles. The van der Waals surface area contributed by atoms with E-state index in [1.54, 1.807) is 34.0 Å². The largest absolute Gasteiger partial charge is 0.598 e. The second kappa shape index (κ2) is 7.63. The number of rotatable bonds is 5. The Bertz CT molecular complexity index is 595. The number of pyridine rings is 1. The van der Waals surface area contributed by atoms with Crippen LogP contribution in [0.3, 0.4) is 0 Å². The SMILES string of the molecule is Cn1cc(Br)c([C@H](CC(=O)OC(C)(C)C)N[S@+](C)[O-])cc1=O. The molecule has 0 unspecified atom stereocenters. The van der Waals surface area contributed by atoms with Crippen molar-refractivity contribution in [3.8, 4) is 0 Å². The topological polar surface area (TPSA) is 83.4 Å². The Morgan fingerprint density at radius 2 is 2.14 bits per heavy atom. The highest BCUT2D eigenvalue weighted by Crippen LogP contribution is 2.26. The number of hydrogen-bond donors (Lipinski definition) is 1. The molecule has 8 heteroatoms. The predicted molar refractivity (Wildman–Crippen MR) is 89.8 cm³/mol. The molecular formula is C14H21BrN2O4S. The van der Waals surface area contributed by atoms with Crippen molar-refractivity contribution in [1.29, 1.82) is 0 Å². The van der Waals surface area contributed by atoms with Crippen molar-refractivity contribution in [1.82, 2.24) is 9.29 Å². The summed E-state index contributed by atoms with van der Waals surface area (Å²) in [7, 11) is 1.63. The van der Waals surface area contributed by atoms with E-state index in [0.29, 0.717) is 10.0 Å². The summed E-state index contributed by atoms with van der Waals surface area (Å²) >= 11 is 2.03. The van der Waals surface area contributed by atoms with Crippen LogP contribution in [0.5, 0.6) is 0 Å². The minimum absolute atomic E-state index is 0.0252. The molecule has 0 aliphatic heterocycles. The quantitative estimate of drug-likeness (QED) is 0.609. The maximum atomic E-state index is 12.0. The number of esters is 1. The Morgan fingerprint density at radius 1 is 1.55 bits per heavy atom. The number of aromatic nitrogens is 1. The van der Waals surface area contributed by atoms with E-state index in [4.69, 9.17) is 4.74 Å². The fraction of sp³-hybridized carbons (Fsp3) is 0.571. The molecule has 1 aromatic heterocycles. The van der Waals surface area contributed by atoms with Crippen LogP contribution in [0.1, 0.15) is 38.8 Å². The highest BCUT2D eigenvalue weighted by atomic mass is 79.9. The third kappa shape index (κ3) is 6.12. The fourth-order valence-electron chi connectivity index (χ4n) is 1.84. The Kier molecular flexibility index (Phi) is 6.66. The molecule has 124 valence electrons. The van der Waals surface area contributed by atoms with Crippen molar-refractivity contribution >= 4 is 33.3 Å². The average Bonchev–Trinajstić information content (AvgIpc) is 2.29. The van der Waals surface area contributed by atoms with Crippen LogP contribution in [0, 0.1) is 0 Å². The van der Waals surface area contributed by atoms with E-state index in [-0.39, 0.29) is 12.0 Å². The highest BCUT2D eigenvalue weighted by Gasteiger charge is 2.26. The van der Waals surface area contributed by atoms with Crippen molar-refractivity contribution in [2.24, 2.45) is 7.05 Å². The molecule has 0 fully saturated rings. The van der Waals surface area contributed by atoms with E-state index in [1.165, 1.54) is 16.9 Å². The first-order valence-electron chi connectivity index (χ1n) is 6.67. The Hall–Kier alpha value is -0.830. The van der Waals surface area contributed by atoms with Gasteiger partial charge in [0.1, 0.15) is 11.9 Å². The van der Waals surface area contributed by atoms with Crippen molar-refractivity contribution in [3.63, 3.8) is 0 Å². The minimum atomic E-state index is -1.34. The van der Waals surface area contributed by atoms with Crippen molar-refractivity contribution in [3.05, 3.63) is 32.7 Å². The van der Waals surface area contributed by atoms with Crippen LogP contribution in [0.25, 0.3) is 0 Å². The molecule has 2 atom stereocenters. The second-order valence-electron chi connectivity index (χ2n) is 5.94. The van der Waals surface area contributed by atoms with Gasteiger partial charge in [0, 0.05) is 35.1 Å². The van der Waals surface area contributed by atoms with Crippen LogP contribution in [-0.4, -0.2) is 26.9 Å². The fourth-order valence-corrected chi connectivity index (χ4v) is 3.15. The van der Waals surface area contributed by atoms with E-state index in [2.05, 4.69) is 20.7 Å². The maximum absolute atomic E-state index is 12.0. The lowest BCUT2D eigenvalue weighted by Gasteiger charge is -2.23. The second-order valence-corrected chi connectivity index (χ2v) is 7.94. The van der Waals surface area contributed by atoms with Crippen LogP contribution in [0.2, 0.25) is 0 Å². The molecule has 0 bridgehead atoms. The average molecular weight is 393 g/mol. The molecule has 1 heterocycles. The third-order valence-electron chi connectivity index (χ3n) is 2.68. The van der Waals surface area contributed by atoms with Gasteiger partial charge in [0.05, 0.1) is 12.5 Å². The summed E-state index contributed by atoms with van der Waals surface area (Å²) in [6.07, 6.45) is 3.06. The first-order valence-corrected chi connectivity index (χ1v) is 9.02. The molecular weight excluding hydrogens is 372 g/mol. The Balaban J connectivity index is 3.06. The van der Waals surface area contributed by atoms with Gasteiger partial charge in [-0.05, 0) is 42.3 Å². The standard InChI is InChI=1S/C14H21BrN2O4S/c1-14(2,3)21-13(19)7-11(16-22(5)20)9-6-12(18)17(4)8-10(9)15/h6,8,11,16H,7H2,1-5H3/t11-,22-/m0/s1. The van der Waals surface area contributed by atoms with Gasteiger partial charge in [0.2, 0.25) is 0 Å². The smallest absolute Gasteiger partial charge is 0.308 e. The molecule has 22 heavy (non-hydrogen) atoms. The summed E-state index contributed by atoms with van der Waals surface area (Å²) in [5, 5.41) is 0. The summed E-state index contributed by atoms with van der Waals surface area (Å²) in [4.78, 5) is 23.8. The highest BCUT2D eigenvalue weighted by molar-refractivity contribution is 9.10. The van der Waals surface area contributed by atoms with Gasteiger partial charge in [-0.1, -0.05) is 0 Å². The van der Waals surface area contributed by atoms with Crippen LogP contribution < -0.4 is 10.3 Å². The zero-order valence-electron chi connectivity index (χ0n) is 13.3. The van der Waals surface area contributed by atoms with Gasteiger partial charge in [-0.25, -0.2) is 0 Å². The van der Waals surface area contributed by atoms with Gasteiger partial charge in [0.25, 0.3) is 5.56 Å². The lowest BCUT2D eigenvalue weighted by Crippen LogP contribution is -2.33. The summed E-state index contributed by atoms with van der Waals surface area (Å²) < 4.78 is 21.7. The number of halogens is 1. The molecule has 6 nitrogen and oxygen atoms in total. The summed E-state index contributed by atoms with van der Waals surface area (Å²) in [5.41, 5.74) is -0.239. The number of ether oxygens (including phenoxy) is 1. The van der Waals surface area contributed by atoms with Gasteiger partial charge < -0.3 is 13.9 Å². The zero-order chi connectivity index (χ0) is 17.1. The Labute approximate surface area is 141 Å². The lowest BCUT2D eigenvalue weighted by molar-refractivity contribution is -0.155. The van der Waals surface area contributed by atoms with E-state index in [9.17, 15) is 14.1 Å². The number of hydrogen-bond acceptors (Lipinski definition) is 5. The van der Waals surface area contributed by atoms with Crippen LogP contribution >= 0.6 is 15.9 Å². The number of carbonyl (C=O) groups excluding carboxylic acids is 1. The molecule has 0 spiro atoms. The summed E-state index contributed by atoms with van der Waals surface area (Å²) in [6.45, 7) is 5.33. The minimum Gasteiger partial charge on any atom is -0.598 e. The summed E-state index contributed by atoms with van der Waals surface area (Å²) in [6, 6.07) is 0.836. The van der Waals surface area contributed by atoms with Crippen molar-refractivity contribution in [2.75, 3.05) is 6.26 Å². The Morgan fingerprint density at radius 3 is 2.64 bits per heavy atom. The van der Waals surface area contributed by atoms with Crippen molar-refractivity contribution < 1.29 is 14.1 Å². The number of nitrogens with zero attached hydrogens (tertiary/aromatic N) is 1. The van der Waals surface area contributed by atoms with Gasteiger partial charge in [-0.2, -0.15) is 0 Å². The van der Waals surface area contributed by atoms with E-state index < -0.39 is 29.0 Å². The first kappa shape index (κ1) is 19.2. The molecule has 1 rings (SSSR count). The molecule has 0 aliphatic carbocycles. The monoisotopic (exact) mass is 392 g/mol. The molecule has 0 aliphatic rings. The van der Waals surface area contributed by atoms with Crippen molar-refractivity contribution in [2.45, 2.75) is 38.8 Å². The molecule has 1 aromatic rings. The maximum Gasteiger partial charge on any atom is 0.308 e. The number of carbonyl (C=O) groups is 1. The van der Waals surface area contributed by atoms with Gasteiger partial charge in [-0.3, -0.25) is 9.59 Å². The number of aryl methyl sites for hydroxylation is 1. The summed E-state index contributed by atoms with van der Waals surface area (Å²) in [5.74, 6) is -0.428. The van der Waals surface area contributed by atoms with E-state index in [1.807, 2.05) is 0 Å². The molecule has 0 radical (unpaired) electrons. The van der Waals surface area contributed by atoms with Crippen LogP contribution in [0.4, 0.5) is 0 Å². The molecule has 0 aromatic carbocycles. The molecule has 0 saturated carbocycles. The van der Waals surface area contributed by atoms with Gasteiger partial charge >= 0.3 is 5.97 Å². The van der Waals surface area contributed by atoms with Gasteiger partial charge in [0.15, 0.2) is 0 Å². The first-order chi connectivity index (χ1) is 9.99. The zero-order valence-corrected chi connectivity index (χ0v) is 15.7. The van der Waals surface area contributed by atoms with E-state index in [0.717, 1.165) is 0 Å². The van der Waals surface area contributed by atoms with Crippen LogP contribution in [0.15, 0.2) is 21.5 Å². The number of nitrogens with one attached hydrogen (secondary N) is 1. The third-order valence-corrected chi connectivity index (χ3v) is 3.96. The van der Waals surface area contributed by atoms with Crippen LogP contribution in [-0.2, 0) is 27.9 Å². The lowest BCUT2D eigenvalue weighted by atomic mass is 10.1. The predicted octanol–water partition coefficient (Wildman–Crippen LogP) is 1.80.